The SMILES string of the molecule is COc1c(Cl)ccc(Cl)c1C(=O)NCCNC(=O)c1ccco1. The molecular weight excluding hydrogens is 343 g/mol. The van der Waals surface area contributed by atoms with Gasteiger partial charge < -0.3 is 19.8 Å². The highest BCUT2D eigenvalue weighted by atomic mass is 35.5. The van der Waals surface area contributed by atoms with Crippen LogP contribution in [-0.4, -0.2) is 32.0 Å². The highest BCUT2D eigenvalue weighted by molar-refractivity contribution is 6.37. The summed E-state index contributed by atoms with van der Waals surface area (Å²) in [5, 5.41) is 5.75. The van der Waals surface area contributed by atoms with Gasteiger partial charge in [0.1, 0.15) is 5.56 Å². The summed E-state index contributed by atoms with van der Waals surface area (Å²) < 4.78 is 10.1. The first kappa shape index (κ1) is 17.2. The topological polar surface area (TPSA) is 80.6 Å². The largest absolute Gasteiger partial charge is 0.494 e. The molecule has 122 valence electrons. The number of benzene rings is 1. The van der Waals surface area contributed by atoms with Crippen molar-refractivity contribution in [2.45, 2.75) is 0 Å². The van der Waals surface area contributed by atoms with Gasteiger partial charge in [0.2, 0.25) is 0 Å². The summed E-state index contributed by atoms with van der Waals surface area (Å²) in [5.74, 6) is -0.392. The molecule has 2 rings (SSSR count). The Morgan fingerprint density at radius 3 is 2.35 bits per heavy atom. The predicted molar refractivity (Wildman–Crippen MR) is 86.4 cm³/mol. The molecule has 2 amide bonds. The molecule has 0 atom stereocenters. The summed E-state index contributed by atoms with van der Waals surface area (Å²) >= 11 is 12.0. The third-order valence-corrected chi connectivity index (χ3v) is 3.54. The maximum absolute atomic E-state index is 12.2. The zero-order chi connectivity index (χ0) is 16.8. The lowest BCUT2D eigenvalue weighted by Gasteiger charge is -2.12. The number of carbonyl (C=O) groups is 2. The van der Waals surface area contributed by atoms with E-state index in [1.54, 1.807) is 18.2 Å². The normalized spacial score (nSPS) is 10.2. The molecule has 0 saturated carbocycles. The molecule has 6 nitrogen and oxygen atoms in total. The molecule has 2 aromatic rings. The van der Waals surface area contributed by atoms with Crippen molar-refractivity contribution in [2.24, 2.45) is 0 Å². The maximum Gasteiger partial charge on any atom is 0.287 e. The van der Waals surface area contributed by atoms with Gasteiger partial charge in [-0.1, -0.05) is 23.2 Å². The molecule has 8 heteroatoms. The van der Waals surface area contributed by atoms with Gasteiger partial charge in [0.05, 0.1) is 23.4 Å². The van der Waals surface area contributed by atoms with E-state index in [1.807, 2.05) is 0 Å². The second-order valence-corrected chi connectivity index (χ2v) is 5.24. The van der Waals surface area contributed by atoms with E-state index in [-0.39, 0.29) is 46.1 Å². The van der Waals surface area contributed by atoms with Crippen LogP contribution in [0, 0.1) is 0 Å². The number of hydrogen-bond acceptors (Lipinski definition) is 4. The van der Waals surface area contributed by atoms with Crippen LogP contribution in [0.2, 0.25) is 10.0 Å². The predicted octanol–water partition coefficient (Wildman–Crippen LogP) is 2.75. The number of nitrogens with one attached hydrogen (secondary N) is 2. The van der Waals surface area contributed by atoms with Crippen LogP contribution in [0.1, 0.15) is 20.9 Å². The standard InChI is InChI=1S/C15H14Cl2N2O4/c1-22-13-10(17)5-4-9(16)12(13)15(21)19-7-6-18-14(20)11-3-2-8-23-11/h2-5,8H,6-7H2,1H3,(H,18,20)(H,19,21). The van der Waals surface area contributed by atoms with Crippen molar-refractivity contribution in [3.63, 3.8) is 0 Å². The molecule has 0 fully saturated rings. The number of hydrogen-bond donors (Lipinski definition) is 2. The molecule has 0 bridgehead atoms. The van der Waals surface area contributed by atoms with Gasteiger partial charge in [0.25, 0.3) is 11.8 Å². The number of methoxy groups -OCH3 is 1. The van der Waals surface area contributed by atoms with Crippen molar-refractivity contribution >= 4 is 35.0 Å². The number of carbonyl (C=O) groups excluding carboxylic acids is 2. The van der Waals surface area contributed by atoms with Gasteiger partial charge in [0.15, 0.2) is 11.5 Å². The smallest absolute Gasteiger partial charge is 0.287 e. The third kappa shape index (κ3) is 4.18. The van der Waals surface area contributed by atoms with E-state index in [4.69, 9.17) is 32.4 Å². The van der Waals surface area contributed by atoms with Crippen molar-refractivity contribution in [3.05, 3.63) is 51.9 Å². The molecule has 0 aliphatic carbocycles. The quantitative estimate of drug-likeness (QED) is 0.779. The van der Waals surface area contributed by atoms with Crippen molar-refractivity contribution in [3.8, 4) is 5.75 Å². The fourth-order valence-corrected chi connectivity index (χ4v) is 2.35. The first-order valence-electron chi connectivity index (χ1n) is 6.66. The third-order valence-electron chi connectivity index (χ3n) is 2.93. The van der Waals surface area contributed by atoms with Gasteiger partial charge in [-0.25, -0.2) is 0 Å². The summed E-state index contributed by atoms with van der Waals surface area (Å²) in [6.45, 7) is 0.434. The number of halogens is 2. The highest BCUT2D eigenvalue weighted by Gasteiger charge is 2.19. The fourth-order valence-electron chi connectivity index (χ4n) is 1.88. The second-order valence-electron chi connectivity index (χ2n) is 4.43. The molecule has 0 aliphatic heterocycles. The Kier molecular flexibility index (Phi) is 5.90. The van der Waals surface area contributed by atoms with Crippen molar-refractivity contribution < 1.29 is 18.7 Å². The van der Waals surface area contributed by atoms with Crippen molar-refractivity contribution in [2.75, 3.05) is 20.2 Å². The Morgan fingerprint density at radius 2 is 1.74 bits per heavy atom. The lowest BCUT2D eigenvalue weighted by atomic mass is 10.2. The summed E-state index contributed by atoms with van der Waals surface area (Å²) in [4.78, 5) is 23.8. The van der Waals surface area contributed by atoms with E-state index in [0.29, 0.717) is 0 Å². The van der Waals surface area contributed by atoms with Gasteiger partial charge in [0, 0.05) is 13.1 Å². The first-order chi connectivity index (χ1) is 11.0. The van der Waals surface area contributed by atoms with E-state index >= 15 is 0 Å². The van der Waals surface area contributed by atoms with Crippen LogP contribution in [0.5, 0.6) is 5.75 Å². The van der Waals surface area contributed by atoms with Crippen LogP contribution < -0.4 is 15.4 Å². The number of furan rings is 1. The van der Waals surface area contributed by atoms with Gasteiger partial charge in [-0.3, -0.25) is 9.59 Å². The van der Waals surface area contributed by atoms with Crippen molar-refractivity contribution in [1.82, 2.24) is 10.6 Å². The highest BCUT2D eigenvalue weighted by Crippen LogP contribution is 2.33. The molecule has 0 radical (unpaired) electrons. The summed E-state index contributed by atoms with van der Waals surface area (Å²) in [5.41, 5.74) is 0.152. The maximum atomic E-state index is 12.2. The molecule has 2 N–H and O–H groups in total. The zero-order valence-electron chi connectivity index (χ0n) is 12.2. The number of rotatable bonds is 6. The minimum atomic E-state index is -0.443. The van der Waals surface area contributed by atoms with E-state index in [1.165, 1.54) is 19.4 Å². The monoisotopic (exact) mass is 356 g/mol. The van der Waals surface area contributed by atoms with Crippen LogP contribution >= 0.6 is 23.2 Å². The Balaban J connectivity index is 1.91. The molecule has 0 unspecified atom stereocenters. The van der Waals surface area contributed by atoms with E-state index in [9.17, 15) is 9.59 Å². The first-order valence-corrected chi connectivity index (χ1v) is 7.42. The van der Waals surface area contributed by atoms with Crippen LogP contribution in [-0.2, 0) is 0 Å². The summed E-state index contributed by atoms with van der Waals surface area (Å²) in [6, 6.07) is 6.22. The average molecular weight is 357 g/mol. The van der Waals surface area contributed by atoms with E-state index < -0.39 is 5.91 Å². The molecule has 1 aromatic carbocycles. The molecule has 0 aliphatic rings. The van der Waals surface area contributed by atoms with Gasteiger partial charge >= 0.3 is 0 Å². The summed E-state index contributed by atoms with van der Waals surface area (Å²) in [6.07, 6.45) is 1.41. The molecule has 0 spiro atoms. The van der Waals surface area contributed by atoms with Crippen LogP contribution in [0.3, 0.4) is 0 Å². The Morgan fingerprint density at radius 1 is 1.09 bits per heavy atom. The molecule has 0 saturated heterocycles. The Bertz CT molecular complexity index is 702. The molecular formula is C15H14Cl2N2O4. The zero-order valence-corrected chi connectivity index (χ0v) is 13.7. The van der Waals surface area contributed by atoms with Gasteiger partial charge in [-0.2, -0.15) is 0 Å². The minimum absolute atomic E-state index is 0.152. The Hall–Kier alpha value is -2.18. The van der Waals surface area contributed by atoms with Crippen LogP contribution in [0.4, 0.5) is 0 Å². The van der Waals surface area contributed by atoms with Gasteiger partial charge in [-0.15, -0.1) is 0 Å². The van der Waals surface area contributed by atoms with Crippen LogP contribution in [0.15, 0.2) is 34.9 Å². The number of ether oxygens (including phenoxy) is 1. The summed E-state index contributed by atoms with van der Waals surface area (Å²) in [7, 11) is 1.40. The fraction of sp³-hybridized carbons (Fsp3) is 0.200. The molecule has 1 aromatic heterocycles. The average Bonchev–Trinajstić information content (AvgIpc) is 3.07. The number of amides is 2. The van der Waals surface area contributed by atoms with Gasteiger partial charge in [-0.05, 0) is 24.3 Å². The molecule has 23 heavy (non-hydrogen) atoms. The van der Waals surface area contributed by atoms with Crippen LogP contribution in [0.25, 0.3) is 0 Å². The Labute approximate surface area is 142 Å². The lowest BCUT2D eigenvalue weighted by molar-refractivity contribution is 0.0909. The lowest BCUT2D eigenvalue weighted by Crippen LogP contribution is -2.34. The molecule has 1 heterocycles. The van der Waals surface area contributed by atoms with E-state index in [0.717, 1.165) is 0 Å². The van der Waals surface area contributed by atoms with E-state index in [2.05, 4.69) is 10.6 Å². The van der Waals surface area contributed by atoms with Crippen molar-refractivity contribution in [1.29, 1.82) is 0 Å². The second kappa shape index (κ2) is 7.89. The minimum Gasteiger partial charge on any atom is -0.494 e.